The van der Waals surface area contributed by atoms with E-state index in [0.29, 0.717) is 0 Å². The van der Waals surface area contributed by atoms with Gasteiger partial charge in [-0.05, 0) is 43.9 Å². The number of carbonyl (C=O) groups excluding carboxylic acids is 1. The number of piperidine rings is 1. The molecule has 0 aromatic heterocycles. The summed E-state index contributed by atoms with van der Waals surface area (Å²) < 4.78 is 1.04. The molecular formula is C14H19BrN2O. The lowest BCUT2D eigenvalue weighted by Gasteiger charge is -2.28. The molecule has 0 bridgehead atoms. The van der Waals surface area contributed by atoms with E-state index < -0.39 is 0 Å². The van der Waals surface area contributed by atoms with Crippen LogP contribution in [0.1, 0.15) is 37.8 Å². The number of benzene rings is 1. The molecule has 1 N–H and O–H groups in total. The summed E-state index contributed by atoms with van der Waals surface area (Å²) in [6, 6.07) is 8.15. The molecule has 2 amide bonds. The van der Waals surface area contributed by atoms with Crippen molar-refractivity contribution in [3.8, 4) is 0 Å². The Bertz CT molecular complexity index is 416. The number of hydrogen-bond donors (Lipinski definition) is 1. The third-order valence-corrected chi connectivity index (χ3v) is 3.83. The van der Waals surface area contributed by atoms with Crippen LogP contribution in [-0.2, 0) is 0 Å². The summed E-state index contributed by atoms with van der Waals surface area (Å²) in [5, 5.41) is 3.06. The molecule has 1 aliphatic heterocycles. The zero-order chi connectivity index (χ0) is 13.0. The van der Waals surface area contributed by atoms with Gasteiger partial charge in [0.2, 0.25) is 0 Å². The van der Waals surface area contributed by atoms with E-state index in [9.17, 15) is 4.79 Å². The first-order chi connectivity index (χ1) is 8.66. The topological polar surface area (TPSA) is 32.3 Å². The number of likely N-dealkylation sites (tertiary alicyclic amines) is 1. The van der Waals surface area contributed by atoms with E-state index in [1.54, 1.807) is 0 Å². The largest absolute Gasteiger partial charge is 0.331 e. The van der Waals surface area contributed by atoms with Gasteiger partial charge in [0.25, 0.3) is 0 Å². The number of nitrogens with one attached hydrogen (secondary N) is 1. The van der Waals surface area contributed by atoms with Crippen molar-refractivity contribution in [3.63, 3.8) is 0 Å². The average molecular weight is 311 g/mol. The Morgan fingerprint density at radius 3 is 2.72 bits per heavy atom. The highest BCUT2D eigenvalue weighted by atomic mass is 79.9. The van der Waals surface area contributed by atoms with Crippen molar-refractivity contribution in [1.82, 2.24) is 10.2 Å². The third-order valence-electron chi connectivity index (χ3n) is 3.33. The summed E-state index contributed by atoms with van der Waals surface area (Å²) in [6.45, 7) is 3.79. The van der Waals surface area contributed by atoms with Crippen molar-refractivity contribution in [2.75, 3.05) is 13.1 Å². The minimum atomic E-state index is 0.0388. The molecule has 1 aliphatic rings. The minimum Gasteiger partial charge on any atom is -0.331 e. The van der Waals surface area contributed by atoms with Gasteiger partial charge in [-0.1, -0.05) is 28.1 Å². The molecule has 4 heteroatoms. The number of carbonyl (C=O) groups is 1. The molecule has 2 rings (SSSR count). The number of halogens is 1. The lowest BCUT2D eigenvalue weighted by molar-refractivity contribution is 0.183. The zero-order valence-electron chi connectivity index (χ0n) is 10.7. The van der Waals surface area contributed by atoms with Crippen LogP contribution in [-0.4, -0.2) is 24.0 Å². The number of urea groups is 1. The van der Waals surface area contributed by atoms with Crippen LogP contribution in [0.2, 0.25) is 0 Å². The van der Waals surface area contributed by atoms with E-state index in [4.69, 9.17) is 0 Å². The second-order valence-electron chi connectivity index (χ2n) is 4.77. The summed E-state index contributed by atoms with van der Waals surface area (Å²) in [6.07, 6.45) is 3.49. The summed E-state index contributed by atoms with van der Waals surface area (Å²) in [7, 11) is 0. The lowest BCUT2D eigenvalue weighted by Crippen LogP contribution is -2.43. The maximum atomic E-state index is 12.1. The van der Waals surface area contributed by atoms with E-state index in [1.165, 1.54) is 6.42 Å². The average Bonchev–Trinajstić information content (AvgIpc) is 2.39. The lowest BCUT2D eigenvalue weighted by atomic mass is 10.1. The number of hydrogen-bond acceptors (Lipinski definition) is 1. The first-order valence-corrected chi connectivity index (χ1v) is 7.27. The summed E-state index contributed by atoms with van der Waals surface area (Å²) >= 11 is 3.45. The fraction of sp³-hybridized carbons (Fsp3) is 0.500. The second kappa shape index (κ2) is 6.23. The Kier molecular flexibility index (Phi) is 4.64. The molecular weight excluding hydrogens is 292 g/mol. The molecule has 1 fully saturated rings. The van der Waals surface area contributed by atoms with E-state index in [-0.39, 0.29) is 12.1 Å². The highest BCUT2D eigenvalue weighted by molar-refractivity contribution is 9.10. The number of rotatable bonds is 2. The van der Waals surface area contributed by atoms with Gasteiger partial charge in [0, 0.05) is 17.6 Å². The first kappa shape index (κ1) is 13.4. The van der Waals surface area contributed by atoms with Gasteiger partial charge < -0.3 is 10.2 Å². The van der Waals surface area contributed by atoms with Gasteiger partial charge in [-0.2, -0.15) is 0 Å². The molecule has 1 aromatic rings. The van der Waals surface area contributed by atoms with Gasteiger partial charge in [0.15, 0.2) is 0 Å². The second-order valence-corrected chi connectivity index (χ2v) is 5.69. The Morgan fingerprint density at radius 2 is 2.06 bits per heavy atom. The smallest absolute Gasteiger partial charge is 0.317 e. The van der Waals surface area contributed by atoms with E-state index >= 15 is 0 Å². The van der Waals surface area contributed by atoms with Gasteiger partial charge >= 0.3 is 6.03 Å². The van der Waals surface area contributed by atoms with Crippen LogP contribution in [0.4, 0.5) is 4.79 Å². The van der Waals surface area contributed by atoms with E-state index in [0.717, 1.165) is 36.0 Å². The van der Waals surface area contributed by atoms with Crippen molar-refractivity contribution in [3.05, 3.63) is 34.3 Å². The first-order valence-electron chi connectivity index (χ1n) is 6.48. The van der Waals surface area contributed by atoms with Crippen LogP contribution < -0.4 is 5.32 Å². The molecule has 1 unspecified atom stereocenters. The highest BCUT2D eigenvalue weighted by Crippen LogP contribution is 2.18. The van der Waals surface area contributed by atoms with Gasteiger partial charge in [-0.25, -0.2) is 4.79 Å². The van der Waals surface area contributed by atoms with E-state index in [2.05, 4.69) is 21.2 Å². The Hall–Kier alpha value is -1.03. The van der Waals surface area contributed by atoms with Crippen LogP contribution in [0.3, 0.4) is 0 Å². The van der Waals surface area contributed by atoms with Crippen molar-refractivity contribution < 1.29 is 4.79 Å². The van der Waals surface area contributed by atoms with Gasteiger partial charge in [-0.3, -0.25) is 0 Å². The monoisotopic (exact) mass is 310 g/mol. The molecule has 1 aromatic carbocycles. The van der Waals surface area contributed by atoms with Crippen molar-refractivity contribution in [2.24, 2.45) is 0 Å². The molecule has 1 atom stereocenters. The molecule has 1 saturated heterocycles. The minimum absolute atomic E-state index is 0.0388. The molecule has 0 aliphatic carbocycles. The maximum absolute atomic E-state index is 12.1. The summed E-state index contributed by atoms with van der Waals surface area (Å²) in [4.78, 5) is 14.0. The highest BCUT2D eigenvalue weighted by Gasteiger charge is 2.18. The third kappa shape index (κ3) is 3.48. The molecule has 0 spiro atoms. The molecule has 1 heterocycles. The van der Waals surface area contributed by atoms with Gasteiger partial charge in [0.1, 0.15) is 0 Å². The van der Waals surface area contributed by atoms with Gasteiger partial charge in [0.05, 0.1) is 6.04 Å². The SMILES string of the molecule is CC(NC(=O)N1CCCCC1)c1cccc(Br)c1. The maximum Gasteiger partial charge on any atom is 0.317 e. The van der Waals surface area contributed by atoms with Crippen LogP contribution in [0.25, 0.3) is 0 Å². The number of nitrogens with zero attached hydrogens (tertiary/aromatic N) is 1. The van der Waals surface area contributed by atoms with Crippen LogP contribution in [0, 0.1) is 0 Å². The van der Waals surface area contributed by atoms with Crippen LogP contribution in [0.5, 0.6) is 0 Å². The molecule has 3 nitrogen and oxygen atoms in total. The molecule has 0 radical (unpaired) electrons. The Morgan fingerprint density at radius 1 is 1.33 bits per heavy atom. The fourth-order valence-corrected chi connectivity index (χ4v) is 2.65. The zero-order valence-corrected chi connectivity index (χ0v) is 12.2. The summed E-state index contributed by atoms with van der Waals surface area (Å²) in [5.74, 6) is 0. The molecule has 0 saturated carbocycles. The molecule has 98 valence electrons. The Balaban J connectivity index is 1.94. The predicted octanol–water partition coefficient (Wildman–Crippen LogP) is 3.71. The van der Waals surface area contributed by atoms with Crippen molar-refractivity contribution in [2.45, 2.75) is 32.2 Å². The van der Waals surface area contributed by atoms with Gasteiger partial charge in [-0.15, -0.1) is 0 Å². The normalized spacial score (nSPS) is 17.3. The number of amides is 2. The van der Waals surface area contributed by atoms with Crippen LogP contribution >= 0.6 is 15.9 Å². The summed E-state index contributed by atoms with van der Waals surface area (Å²) in [5.41, 5.74) is 1.12. The predicted molar refractivity (Wildman–Crippen MR) is 76.5 cm³/mol. The van der Waals surface area contributed by atoms with Crippen molar-refractivity contribution >= 4 is 22.0 Å². The van der Waals surface area contributed by atoms with Crippen LogP contribution in [0.15, 0.2) is 28.7 Å². The van der Waals surface area contributed by atoms with Crippen molar-refractivity contribution in [1.29, 1.82) is 0 Å². The van der Waals surface area contributed by atoms with E-state index in [1.807, 2.05) is 36.1 Å². The molecule has 18 heavy (non-hydrogen) atoms. The standard InChI is InChI=1S/C14H19BrN2O/c1-11(12-6-5-7-13(15)10-12)16-14(18)17-8-3-2-4-9-17/h5-7,10-11H,2-4,8-9H2,1H3,(H,16,18). The Labute approximate surface area is 117 Å². The fourth-order valence-electron chi connectivity index (χ4n) is 2.23. The quantitative estimate of drug-likeness (QED) is 0.887.